The van der Waals surface area contributed by atoms with Crippen LogP contribution in [-0.2, 0) is 11.3 Å². The number of methoxy groups -OCH3 is 1. The van der Waals surface area contributed by atoms with E-state index in [1.807, 2.05) is 26.0 Å². The monoisotopic (exact) mass is 397 g/mol. The fourth-order valence-electron chi connectivity index (χ4n) is 3.35. The maximum Gasteiger partial charge on any atom is 0.348 e. The van der Waals surface area contributed by atoms with Gasteiger partial charge in [-0.3, -0.25) is 0 Å². The van der Waals surface area contributed by atoms with Gasteiger partial charge in [-0.2, -0.15) is 0 Å². The van der Waals surface area contributed by atoms with Gasteiger partial charge in [0.15, 0.2) is 0 Å². The second kappa shape index (κ2) is 7.75. The van der Waals surface area contributed by atoms with Gasteiger partial charge < -0.3 is 14.4 Å². The first-order valence-corrected chi connectivity index (χ1v) is 10.2. The largest absolute Gasteiger partial charge is 0.497 e. The van der Waals surface area contributed by atoms with E-state index >= 15 is 0 Å². The molecular weight excluding hydrogens is 374 g/mol. The standard InChI is InChI=1S/C21H23N3O3S/c1-4-27-21(25)18-13(2)17-19(22-12-23-20(17)28-18)24(15-7-8-15)11-14-5-9-16(26-3)10-6-14/h5-6,9-10,12,15H,4,7-8,11H2,1-3H3. The van der Waals surface area contributed by atoms with Gasteiger partial charge in [0.05, 0.1) is 19.1 Å². The molecule has 7 heteroatoms. The summed E-state index contributed by atoms with van der Waals surface area (Å²) in [5.74, 6) is 1.45. The molecule has 0 N–H and O–H groups in total. The number of thiophene rings is 1. The van der Waals surface area contributed by atoms with Gasteiger partial charge in [-0.15, -0.1) is 11.3 Å². The number of esters is 1. The third-order valence-corrected chi connectivity index (χ3v) is 6.12. The van der Waals surface area contributed by atoms with E-state index in [4.69, 9.17) is 9.47 Å². The zero-order valence-corrected chi connectivity index (χ0v) is 17.1. The molecule has 3 aromatic rings. The molecule has 0 atom stereocenters. The second-order valence-electron chi connectivity index (χ2n) is 6.86. The molecule has 1 aliphatic carbocycles. The average molecular weight is 398 g/mol. The van der Waals surface area contributed by atoms with Gasteiger partial charge in [-0.1, -0.05) is 12.1 Å². The van der Waals surface area contributed by atoms with Gasteiger partial charge in [0, 0.05) is 12.6 Å². The fourth-order valence-corrected chi connectivity index (χ4v) is 4.39. The Labute approximate surface area is 168 Å². The Morgan fingerprint density at radius 1 is 1.25 bits per heavy atom. The number of hydrogen-bond donors (Lipinski definition) is 0. The SMILES string of the molecule is CCOC(=O)c1sc2ncnc(N(Cc3ccc(OC)cc3)C3CC3)c2c1C. The van der Waals surface area contributed by atoms with Gasteiger partial charge in [0.2, 0.25) is 0 Å². The van der Waals surface area contributed by atoms with Crippen LogP contribution in [0.25, 0.3) is 10.2 Å². The fraction of sp³-hybridized carbons (Fsp3) is 0.381. The summed E-state index contributed by atoms with van der Waals surface area (Å²) in [7, 11) is 1.67. The quantitative estimate of drug-likeness (QED) is 0.552. The Balaban J connectivity index is 1.73. The number of hydrogen-bond acceptors (Lipinski definition) is 7. The van der Waals surface area contributed by atoms with E-state index < -0.39 is 0 Å². The lowest BCUT2D eigenvalue weighted by Gasteiger charge is -2.24. The molecule has 0 aliphatic heterocycles. The predicted octanol–water partition coefficient (Wildman–Crippen LogP) is 4.35. The highest BCUT2D eigenvalue weighted by atomic mass is 32.1. The van der Waals surface area contributed by atoms with Crippen LogP contribution < -0.4 is 9.64 Å². The summed E-state index contributed by atoms with van der Waals surface area (Å²) >= 11 is 1.38. The average Bonchev–Trinajstić information content (AvgIpc) is 3.50. The molecule has 2 heterocycles. The number of aryl methyl sites for hydroxylation is 1. The summed E-state index contributed by atoms with van der Waals surface area (Å²) in [6.07, 6.45) is 3.89. The van der Waals surface area contributed by atoms with Crippen molar-refractivity contribution in [1.29, 1.82) is 0 Å². The second-order valence-corrected chi connectivity index (χ2v) is 7.86. The van der Waals surface area contributed by atoms with Crippen molar-refractivity contribution in [2.24, 2.45) is 0 Å². The summed E-state index contributed by atoms with van der Waals surface area (Å²) in [6.45, 7) is 4.88. The Morgan fingerprint density at radius 2 is 2.00 bits per heavy atom. The highest BCUT2D eigenvalue weighted by molar-refractivity contribution is 7.20. The molecule has 1 fully saturated rings. The van der Waals surface area contributed by atoms with Crippen LogP contribution in [0.4, 0.5) is 5.82 Å². The van der Waals surface area contributed by atoms with Crippen LogP contribution in [0.3, 0.4) is 0 Å². The molecule has 1 aliphatic rings. The van der Waals surface area contributed by atoms with E-state index in [9.17, 15) is 4.79 Å². The summed E-state index contributed by atoms with van der Waals surface area (Å²) < 4.78 is 10.5. The van der Waals surface area contributed by atoms with Crippen molar-refractivity contribution in [3.05, 3.63) is 46.6 Å². The zero-order valence-electron chi connectivity index (χ0n) is 16.3. The lowest BCUT2D eigenvalue weighted by atomic mass is 10.1. The van der Waals surface area contributed by atoms with E-state index in [1.165, 1.54) is 16.9 Å². The minimum atomic E-state index is -0.290. The van der Waals surface area contributed by atoms with Crippen molar-refractivity contribution in [2.45, 2.75) is 39.3 Å². The van der Waals surface area contributed by atoms with Crippen molar-refractivity contribution < 1.29 is 14.3 Å². The van der Waals surface area contributed by atoms with Gasteiger partial charge in [0.1, 0.15) is 27.6 Å². The predicted molar refractivity (Wildman–Crippen MR) is 110 cm³/mol. The van der Waals surface area contributed by atoms with E-state index in [2.05, 4.69) is 27.0 Å². The van der Waals surface area contributed by atoms with Crippen LogP contribution in [0.1, 0.15) is 40.6 Å². The van der Waals surface area contributed by atoms with Gasteiger partial charge in [-0.25, -0.2) is 14.8 Å². The van der Waals surface area contributed by atoms with E-state index in [0.717, 1.165) is 46.7 Å². The molecule has 1 aromatic carbocycles. The van der Waals surface area contributed by atoms with Crippen LogP contribution in [0.5, 0.6) is 5.75 Å². The first-order valence-electron chi connectivity index (χ1n) is 9.43. The van der Waals surface area contributed by atoms with Gasteiger partial charge >= 0.3 is 5.97 Å². The van der Waals surface area contributed by atoms with Crippen molar-refractivity contribution in [1.82, 2.24) is 9.97 Å². The first kappa shape index (κ1) is 18.7. The highest BCUT2D eigenvalue weighted by Gasteiger charge is 2.32. The van der Waals surface area contributed by atoms with Crippen LogP contribution in [-0.4, -0.2) is 35.7 Å². The number of rotatable bonds is 7. The molecule has 0 bridgehead atoms. The zero-order chi connectivity index (χ0) is 19.7. The topological polar surface area (TPSA) is 64.5 Å². The number of nitrogens with zero attached hydrogens (tertiary/aromatic N) is 3. The Hall–Kier alpha value is -2.67. The van der Waals surface area contributed by atoms with Gasteiger partial charge in [0.25, 0.3) is 0 Å². The molecule has 0 unspecified atom stereocenters. The lowest BCUT2D eigenvalue weighted by molar-refractivity contribution is 0.0531. The maximum absolute atomic E-state index is 12.3. The van der Waals surface area contributed by atoms with Crippen molar-refractivity contribution in [3.63, 3.8) is 0 Å². The molecular formula is C21H23N3O3S. The van der Waals surface area contributed by atoms with E-state index in [0.29, 0.717) is 17.5 Å². The third kappa shape index (κ3) is 3.54. The summed E-state index contributed by atoms with van der Waals surface area (Å²) in [5.41, 5.74) is 2.09. The number of fused-ring (bicyclic) bond motifs is 1. The highest BCUT2D eigenvalue weighted by Crippen LogP contribution is 2.40. The molecule has 4 rings (SSSR count). The number of benzene rings is 1. The van der Waals surface area contributed by atoms with E-state index in [1.54, 1.807) is 13.4 Å². The summed E-state index contributed by atoms with van der Waals surface area (Å²) in [4.78, 5) is 25.1. The first-order chi connectivity index (χ1) is 13.6. The third-order valence-electron chi connectivity index (χ3n) is 4.94. The molecule has 28 heavy (non-hydrogen) atoms. The van der Waals surface area contributed by atoms with Crippen molar-refractivity contribution in [3.8, 4) is 5.75 Å². The molecule has 0 saturated heterocycles. The Morgan fingerprint density at radius 3 is 2.64 bits per heavy atom. The number of carbonyl (C=O) groups excluding carboxylic acids is 1. The van der Waals surface area contributed by atoms with Crippen LogP contribution in [0.15, 0.2) is 30.6 Å². The van der Waals surface area contributed by atoms with Crippen LogP contribution in [0.2, 0.25) is 0 Å². The lowest BCUT2D eigenvalue weighted by Crippen LogP contribution is -2.26. The Kier molecular flexibility index (Phi) is 5.17. The molecule has 0 amide bonds. The smallest absolute Gasteiger partial charge is 0.348 e. The number of aromatic nitrogens is 2. The van der Waals surface area contributed by atoms with Crippen LogP contribution >= 0.6 is 11.3 Å². The van der Waals surface area contributed by atoms with Gasteiger partial charge in [-0.05, 0) is 49.9 Å². The number of carbonyl (C=O) groups is 1. The normalized spacial score (nSPS) is 13.5. The van der Waals surface area contributed by atoms with Crippen molar-refractivity contribution >= 4 is 33.3 Å². The molecule has 146 valence electrons. The summed E-state index contributed by atoms with van der Waals surface area (Å²) in [5, 5.41) is 0.955. The minimum absolute atomic E-state index is 0.290. The van der Waals surface area contributed by atoms with E-state index in [-0.39, 0.29) is 5.97 Å². The number of anilines is 1. The molecule has 0 radical (unpaired) electrons. The molecule has 2 aromatic heterocycles. The molecule has 1 saturated carbocycles. The molecule has 0 spiro atoms. The Bertz CT molecular complexity index is 996. The minimum Gasteiger partial charge on any atom is -0.497 e. The molecule has 6 nitrogen and oxygen atoms in total. The van der Waals surface area contributed by atoms with Crippen molar-refractivity contribution in [2.75, 3.05) is 18.6 Å². The number of ether oxygens (including phenoxy) is 2. The maximum atomic E-state index is 12.3. The van der Waals surface area contributed by atoms with Crippen LogP contribution in [0, 0.1) is 6.92 Å². The summed E-state index contributed by atoms with van der Waals surface area (Å²) in [6, 6.07) is 8.58.